The lowest BCUT2D eigenvalue weighted by molar-refractivity contribution is 1.58. The summed E-state index contributed by atoms with van der Waals surface area (Å²) in [5, 5.41) is 2.48. The van der Waals surface area contributed by atoms with E-state index in [9.17, 15) is 0 Å². The third-order valence-corrected chi connectivity index (χ3v) is 8.20. The average Bonchev–Trinajstić information content (AvgIpc) is 3.05. The van der Waals surface area contributed by atoms with Crippen LogP contribution >= 0.6 is 0 Å². The summed E-state index contributed by atoms with van der Waals surface area (Å²) in [6.07, 6.45) is 0. The molecular weight excluding hydrogens is 489 g/mol. The van der Waals surface area contributed by atoms with Crippen molar-refractivity contribution in [3.63, 3.8) is 0 Å². The molecule has 0 saturated carbocycles. The van der Waals surface area contributed by atoms with E-state index in [1.165, 1.54) is 44.2 Å². The van der Waals surface area contributed by atoms with Gasteiger partial charge in [0.15, 0.2) is 0 Å². The summed E-state index contributed by atoms with van der Waals surface area (Å²) in [6, 6.07) is 34.9. The van der Waals surface area contributed by atoms with Crippen molar-refractivity contribution in [1.82, 2.24) is 0 Å². The van der Waals surface area contributed by atoms with Crippen LogP contribution < -0.4 is 0 Å². The fraction of sp³-hybridized carbons (Fsp3) is 0.167. The minimum atomic E-state index is -1.58. The van der Waals surface area contributed by atoms with Crippen LogP contribution in [0, 0.1) is 22.9 Å². The third-order valence-electron chi connectivity index (χ3n) is 6.45. The molecule has 186 valence electrons. The molecule has 0 saturated heterocycles. The Morgan fingerprint density at radius 3 is 1.79 bits per heavy atom. The molecule has 5 rings (SSSR count). The van der Waals surface area contributed by atoms with Crippen molar-refractivity contribution in [1.29, 1.82) is 0 Å². The van der Waals surface area contributed by atoms with Crippen LogP contribution in [-0.2, 0) is 0 Å². The van der Waals surface area contributed by atoms with Crippen molar-refractivity contribution >= 4 is 26.9 Å². The Labute approximate surface area is 230 Å². The van der Waals surface area contributed by atoms with E-state index in [2.05, 4.69) is 159 Å². The molecule has 0 aromatic heterocycles. The number of hydrogen-bond donors (Lipinski definition) is 0. The van der Waals surface area contributed by atoms with Crippen LogP contribution in [0.2, 0.25) is 39.3 Å². The van der Waals surface area contributed by atoms with Gasteiger partial charge >= 0.3 is 0 Å². The predicted octanol–water partition coefficient (Wildman–Crippen LogP) is 9.74. The van der Waals surface area contributed by atoms with Gasteiger partial charge in [0.25, 0.3) is 0 Å². The molecule has 0 heterocycles. The third kappa shape index (κ3) is 5.53. The molecule has 0 bridgehead atoms. The van der Waals surface area contributed by atoms with Crippen LogP contribution in [0.15, 0.2) is 97.1 Å². The van der Waals surface area contributed by atoms with Gasteiger partial charge in [-0.1, -0.05) is 136 Å². The van der Waals surface area contributed by atoms with Gasteiger partial charge in [-0.05, 0) is 45.2 Å². The first kappa shape index (κ1) is 25.8. The maximum atomic E-state index is 3.64. The second-order valence-electron chi connectivity index (χ2n) is 12.0. The first-order chi connectivity index (χ1) is 18.1. The van der Waals surface area contributed by atoms with Crippen LogP contribution in [-0.4, -0.2) is 16.1 Å². The number of hydrogen-bond acceptors (Lipinski definition) is 0. The van der Waals surface area contributed by atoms with Crippen molar-refractivity contribution in [2.24, 2.45) is 0 Å². The Kier molecular flexibility index (Phi) is 6.89. The van der Waals surface area contributed by atoms with Crippen molar-refractivity contribution < 1.29 is 0 Å². The summed E-state index contributed by atoms with van der Waals surface area (Å²) in [6.45, 7) is 13.8. The van der Waals surface area contributed by atoms with Gasteiger partial charge in [0.1, 0.15) is 16.1 Å². The second kappa shape index (κ2) is 10.1. The van der Waals surface area contributed by atoms with E-state index >= 15 is 0 Å². The lowest BCUT2D eigenvalue weighted by Crippen LogP contribution is -2.16. The lowest BCUT2D eigenvalue weighted by Gasteiger charge is -2.16. The van der Waals surface area contributed by atoms with Gasteiger partial charge in [0.05, 0.1) is 0 Å². The average molecular weight is 523 g/mol. The van der Waals surface area contributed by atoms with E-state index in [1.54, 1.807) is 0 Å². The number of benzene rings is 3. The fourth-order valence-electron chi connectivity index (χ4n) is 4.78. The predicted molar refractivity (Wildman–Crippen MR) is 172 cm³/mol. The second-order valence-corrected chi connectivity index (χ2v) is 21.5. The molecule has 2 aliphatic carbocycles. The molecule has 0 amide bonds. The van der Waals surface area contributed by atoms with Crippen molar-refractivity contribution in [2.75, 3.05) is 0 Å². The topological polar surface area (TPSA) is 0 Å². The van der Waals surface area contributed by atoms with Gasteiger partial charge in [-0.25, -0.2) is 0 Å². The molecular formula is C36H34Si2. The summed E-state index contributed by atoms with van der Waals surface area (Å²) >= 11 is 0. The maximum absolute atomic E-state index is 3.64. The maximum Gasteiger partial charge on any atom is 0.129 e. The van der Waals surface area contributed by atoms with E-state index in [0.717, 1.165) is 11.1 Å². The van der Waals surface area contributed by atoms with Crippen LogP contribution in [0.3, 0.4) is 0 Å². The van der Waals surface area contributed by atoms with Crippen molar-refractivity contribution in [2.45, 2.75) is 39.3 Å². The molecule has 3 aromatic carbocycles. The van der Waals surface area contributed by atoms with Gasteiger partial charge < -0.3 is 0 Å². The van der Waals surface area contributed by atoms with E-state index in [1.807, 2.05) is 0 Å². The Morgan fingerprint density at radius 1 is 0.474 bits per heavy atom. The fourth-order valence-corrected chi connectivity index (χ4v) is 5.80. The quantitative estimate of drug-likeness (QED) is 0.160. The molecule has 38 heavy (non-hydrogen) atoms. The molecule has 3 aromatic rings. The zero-order chi connectivity index (χ0) is 26.9. The molecule has 2 aliphatic rings. The largest absolute Gasteiger partial charge is 0.129 e. The van der Waals surface area contributed by atoms with Crippen LogP contribution in [0.4, 0.5) is 0 Å². The van der Waals surface area contributed by atoms with Gasteiger partial charge in [0.2, 0.25) is 0 Å². The highest BCUT2D eigenvalue weighted by Crippen LogP contribution is 2.45. The molecule has 2 heteroatoms. The van der Waals surface area contributed by atoms with E-state index in [-0.39, 0.29) is 0 Å². The van der Waals surface area contributed by atoms with Gasteiger partial charge in [-0.3, -0.25) is 0 Å². The van der Waals surface area contributed by atoms with Crippen molar-refractivity contribution in [3.8, 4) is 56.3 Å². The molecule has 0 radical (unpaired) electrons. The molecule has 0 spiro atoms. The molecule has 0 aliphatic heterocycles. The Balaban J connectivity index is 1.91. The van der Waals surface area contributed by atoms with Gasteiger partial charge in [-0.15, -0.1) is 11.1 Å². The first-order valence-electron chi connectivity index (χ1n) is 13.3. The van der Waals surface area contributed by atoms with E-state index in [0.29, 0.717) is 0 Å². The zero-order valence-electron chi connectivity index (χ0n) is 23.2. The summed E-state index contributed by atoms with van der Waals surface area (Å²) in [7, 11) is -3.15. The number of rotatable bonds is 2. The minimum absolute atomic E-state index is 1.08. The summed E-state index contributed by atoms with van der Waals surface area (Å²) in [5.74, 6) is 7.26. The van der Waals surface area contributed by atoms with Crippen LogP contribution in [0.5, 0.6) is 0 Å². The standard InChI is InChI=1S/C36H34Si2/c1-37(2,3)24-22-28-17-13-21-34(35(28)33-20-12-16-27-14-10-11-18-31(27)33)36-30(23-25-38(4,5)6)26-29-15-8-7-9-19-32(29)36/h7-21,26H,1-6H3. The Hall–Kier alpha value is -3.83. The van der Waals surface area contributed by atoms with E-state index in [4.69, 9.17) is 0 Å². The van der Waals surface area contributed by atoms with Crippen LogP contribution in [0.1, 0.15) is 11.1 Å². The number of fused-ring (bicyclic) bond motifs is 2. The van der Waals surface area contributed by atoms with Gasteiger partial charge in [-0.2, -0.15) is 0 Å². The summed E-state index contributed by atoms with van der Waals surface area (Å²) in [5.41, 5.74) is 16.7. The molecule has 0 fully saturated rings. The Bertz CT molecular complexity index is 1730. The lowest BCUT2D eigenvalue weighted by atomic mass is 9.86. The summed E-state index contributed by atoms with van der Waals surface area (Å²) < 4.78 is 0. The van der Waals surface area contributed by atoms with Gasteiger partial charge in [0, 0.05) is 22.3 Å². The van der Waals surface area contributed by atoms with Crippen LogP contribution in [0.25, 0.3) is 44.2 Å². The molecule has 0 atom stereocenters. The van der Waals surface area contributed by atoms with Crippen molar-refractivity contribution in [3.05, 3.63) is 108 Å². The smallest absolute Gasteiger partial charge is 0.127 e. The SMILES string of the molecule is C[Si](C)(C)C#Cc1cc2cccccc-2c1-c1cccc(C#C[Si](C)(C)C)c1-c1cccc2ccccc12. The summed E-state index contributed by atoms with van der Waals surface area (Å²) in [4.78, 5) is 0. The highest BCUT2D eigenvalue weighted by Gasteiger charge is 2.22. The Morgan fingerprint density at radius 2 is 1.03 bits per heavy atom. The first-order valence-corrected chi connectivity index (χ1v) is 20.3. The highest BCUT2D eigenvalue weighted by atomic mass is 28.3. The molecule has 0 unspecified atom stereocenters. The minimum Gasteiger partial charge on any atom is -0.127 e. The molecule has 0 nitrogen and oxygen atoms in total. The zero-order valence-corrected chi connectivity index (χ0v) is 25.2. The highest BCUT2D eigenvalue weighted by molar-refractivity contribution is 6.84. The normalized spacial score (nSPS) is 11.5. The molecule has 0 N–H and O–H groups in total. The van der Waals surface area contributed by atoms with E-state index < -0.39 is 16.1 Å². The monoisotopic (exact) mass is 522 g/mol.